The molecule has 2 atom stereocenters. The number of aldehydes is 1. The molecule has 0 saturated heterocycles. The van der Waals surface area contributed by atoms with Crippen molar-refractivity contribution in [2.45, 2.75) is 12.2 Å². The topological polar surface area (TPSA) is 58.7 Å². The van der Waals surface area contributed by atoms with Crippen LogP contribution in [0.3, 0.4) is 0 Å². The number of carbonyl (C=O) groups is 1. The molecule has 3 rings (SSSR count). The van der Waals surface area contributed by atoms with Crippen molar-refractivity contribution in [1.29, 1.82) is 0 Å². The van der Waals surface area contributed by atoms with Crippen molar-refractivity contribution in [3.63, 3.8) is 0 Å². The van der Waals surface area contributed by atoms with Crippen molar-refractivity contribution >= 4 is 40.9 Å². The van der Waals surface area contributed by atoms with Gasteiger partial charge in [-0.3, -0.25) is 4.99 Å². The first-order chi connectivity index (χ1) is 11.0. The van der Waals surface area contributed by atoms with Gasteiger partial charge >= 0.3 is 0 Å². The van der Waals surface area contributed by atoms with Gasteiger partial charge in [0.15, 0.2) is 0 Å². The highest BCUT2D eigenvalue weighted by Gasteiger charge is 2.29. The van der Waals surface area contributed by atoms with Gasteiger partial charge in [0.1, 0.15) is 18.5 Å². The van der Waals surface area contributed by atoms with Crippen molar-refractivity contribution in [3.05, 3.63) is 63.6 Å². The molecule has 0 fully saturated rings. The zero-order valence-electron chi connectivity index (χ0n) is 12.4. The van der Waals surface area contributed by atoms with Crippen molar-refractivity contribution in [2.75, 3.05) is 11.9 Å². The zero-order chi connectivity index (χ0) is 16.6. The molecule has 2 N–H and O–H groups in total. The number of anilines is 1. The van der Waals surface area contributed by atoms with E-state index in [0.29, 0.717) is 15.8 Å². The Balaban J connectivity index is 2.29. The third-order valence-electron chi connectivity index (χ3n) is 3.94. The summed E-state index contributed by atoms with van der Waals surface area (Å²) in [5.41, 5.74) is 9.16. The number of benzene rings is 2. The predicted molar refractivity (Wildman–Crippen MR) is 94.8 cm³/mol. The quantitative estimate of drug-likeness (QED) is 0.849. The maximum Gasteiger partial charge on any atom is 0.145 e. The number of halogens is 2. The van der Waals surface area contributed by atoms with Crippen molar-refractivity contribution in [1.82, 2.24) is 0 Å². The number of hydrogen-bond acceptors (Lipinski definition) is 4. The van der Waals surface area contributed by atoms with Gasteiger partial charge in [0.25, 0.3) is 0 Å². The molecule has 1 aliphatic heterocycles. The van der Waals surface area contributed by atoms with Gasteiger partial charge in [-0.2, -0.15) is 0 Å². The average molecular weight is 348 g/mol. The number of rotatable bonds is 2. The standard InChI is InChI=1S/C17H15Cl2N3O/c1-22-14-7-6-10(18)8-12(14)16(21-17(20)15(22)9-23)11-4-2-3-5-13(11)19/h2-9,15,17H,20H2,1H3. The molecule has 6 heteroatoms. The molecule has 0 radical (unpaired) electrons. The van der Waals surface area contributed by atoms with E-state index in [0.717, 1.165) is 23.1 Å². The van der Waals surface area contributed by atoms with Crippen LogP contribution in [0.2, 0.25) is 10.0 Å². The summed E-state index contributed by atoms with van der Waals surface area (Å²) in [5.74, 6) is 0. The highest BCUT2D eigenvalue weighted by molar-refractivity contribution is 6.36. The zero-order valence-corrected chi connectivity index (χ0v) is 13.9. The predicted octanol–water partition coefficient (Wildman–Crippen LogP) is 3.13. The molecule has 4 nitrogen and oxygen atoms in total. The fourth-order valence-electron chi connectivity index (χ4n) is 2.73. The van der Waals surface area contributed by atoms with E-state index in [1.165, 1.54) is 0 Å². The minimum Gasteiger partial charge on any atom is -0.361 e. The van der Waals surface area contributed by atoms with Crippen LogP contribution in [-0.2, 0) is 4.79 Å². The third kappa shape index (κ3) is 2.85. The summed E-state index contributed by atoms with van der Waals surface area (Å²) in [6.45, 7) is 0. The molecule has 0 saturated carbocycles. The fourth-order valence-corrected chi connectivity index (χ4v) is 3.13. The smallest absolute Gasteiger partial charge is 0.145 e. The Morgan fingerprint density at radius 1 is 1.17 bits per heavy atom. The molecule has 2 unspecified atom stereocenters. The Kier molecular flexibility index (Phi) is 4.39. The van der Waals surface area contributed by atoms with E-state index in [2.05, 4.69) is 4.99 Å². The molecule has 0 spiro atoms. The SMILES string of the molecule is CN1c2ccc(Cl)cc2C(c2ccccc2Cl)=NC(N)C1C=O. The van der Waals surface area contributed by atoms with Gasteiger partial charge < -0.3 is 15.4 Å². The van der Waals surface area contributed by atoms with Crippen LogP contribution >= 0.6 is 23.2 Å². The summed E-state index contributed by atoms with van der Waals surface area (Å²) in [5, 5.41) is 1.15. The van der Waals surface area contributed by atoms with E-state index < -0.39 is 12.2 Å². The fraction of sp³-hybridized carbons (Fsp3) is 0.176. The Morgan fingerprint density at radius 3 is 2.61 bits per heavy atom. The Labute approximate surface area is 144 Å². The molecule has 0 bridgehead atoms. The lowest BCUT2D eigenvalue weighted by Gasteiger charge is -2.27. The lowest BCUT2D eigenvalue weighted by atomic mass is 10.00. The number of hydrogen-bond donors (Lipinski definition) is 1. The second-order valence-corrected chi connectivity index (χ2v) is 6.19. The van der Waals surface area contributed by atoms with E-state index in [1.54, 1.807) is 12.1 Å². The van der Waals surface area contributed by atoms with E-state index in [1.807, 2.05) is 42.3 Å². The molecular formula is C17H15Cl2N3O. The van der Waals surface area contributed by atoms with Crippen LogP contribution in [0.15, 0.2) is 47.5 Å². The number of aliphatic imine (C=N–C) groups is 1. The molecular weight excluding hydrogens is 333 g/mol. The van der Waals surface area contributed by atoms with Crippen molar-refractivity contribution < 1.29 is 4.79 Å². The normalized spacial score (nSPS) is 20.5. The van der Waals surface area contributed by atoms with Crippen LogP contribution in [0.5, 0.6) is 0 Å². The van der Waals surface area contributed by atoms with Gasteiger partial charge in [-0.1, -0.05) is 41.4 Å². The Morgan fingerprint density at radius 2 is 1.91 bits per heavy atom. The minimum atomic E-state index is -0.699. The monoisotopic (exact) mass is 347 g/mol. The van der Waals surface area contributed by atoms with E-state index in [9.17, 15) is 4.79 Å². The average Bonchev–Trinajstić information content (AvgIpc) is 2.63. The van der Waals surface area contributed by atoms with Gasteiger partial charge in [-0.25, -0.2) is 0 Å². The molecule has 118 valence electrons. The number of nitrogens with two attached hydrogens (primary N) is 1. The second-order valence-electron chi connectivity index (χ2n) is 5.35. The molecule has 1 heterocycles. The molecule has 0 aliphatic carbocycles. The highest BCUT2D eigenvalue weighted by atomic mass is 35.5. The van der Waals surface area contributed by atoms with Crippen LogP contribution in [0.25, 0.3) is 0 Å². The second kappa shape index (κ2) is 6.32. The van der Waals surface area contributed by atoms with E-state index in [4.69, 9.17) is 28.9 Å². The highest BCUT2D eigenvalue weighted by Crippen LogP contribution is 2.32. The third-order valence-corrected chi connectivity index (χ3v) is 4.50. The molecule has 2 aromatic rings. The summed E-state index contributed by atoms with van der Waals surface area (Å²) in [6, 6.07) is 12.3. The number of likely N-dealkylation sites (N-methyl/N-ethyl adjacent to an activating group) is 1. The van der Waals surface area contributed by atoms with Crippen LogP contribution < -0.4 is 10.6 Å². The number of fused-ring (bicyclic) bond motifs is 1. The van der Waals surface area contributed by atoms with Gasteiger partial charge in [0.2, 0.25) is 0 Å². The molecule has 0 amide bonds. The lowest BCUT2D eigenvalue weighted by Crippen LogP contribution is -2.45. The van der Waals surface area contributed by atoms with E-state index >= 15 is 0 Å². The van der Waals surface area contributed by atoms with Crippen LogP contribution in [0.4, 0.5) is 5.69 Å². The molecule has 0 aromatic heterocycles. The number of carbonyl (C=O) groups excluding carboxylic acids is 1. The van der Waals surface area contributed by atoms with Crippen LogP contribution in [-0.4, -0.2) is 31.3 Å². The maximum atomic E-state index is 11.5. The molecule has 23 heavy (non-hydrogen) atoms. The first-order valence-electron chi connectivity index (χ1n) is 7.09. The molecule has 2 aromatic carbocycles. The van der Waals surface area contributed by atoms with Gasteiger partial charge in [-0.15, -0.1) is 0 Å². The summed E-state index contributed by atoms with van der Waals surface area (Å²) in [6.07, 6.45) is 0.109. The first kappa shape index (κ1) is 16.0. The first-order valence-corrected chi connectivity index (χ1v) is 7.85. The Hall–Kier alpha value is -1.88. The van der Waals surface area contributed by atoms with Crippen molar-refractivity contribution in [2.24, 2.45) is 10.7 Å². The van der Waals surface area contributed by atoms with E-state index in [-0.39, 0.29) is 0 Å². The lowest BCUT2D eigenvalue weighted by molar-refractivity contribution is -0.109. The molecule has 1 aliphatic rings. The summed E-state index contributed by atoms with van der Waals surface area (Å²) in [4.78, 5) is 17.9. The Bertz CT molecular complexity index is 791. The van der Waals surface area contributed by atoms with Crippen LogP contribution in [0, 0.1) is 0 Å². The van der Waals surface area contributed by atoms with Gasteiger partial charge in [0.05, 0.1) is 5.71 Å². The number of benzodiazepines with no additional fused rings is 1. The number of nitrogens with zero attached hydrogens (tertiary/aromatic N) is 2. The maximum absolute atomic E-state index is 11.5. The summed E-state index contributed by atoms with van der Waals surface area (Å²) >= 11 is 12.5. The van der Waals surface area contributed by atoms with Crippen molar-refractivity contribution in [3.8, 4) is 0 Å². The summed E-state index contributed by atoms with van der Waals surface area (Å²) in [7, 11) is 1.82. The van der Waals surface area contributed by atoms with Gasteiger partial charge in [-0.05, 0) is 24.3 Å². The minimum absolute atomic E-state index is 0.560. The largest absolute Gasteiger partial charge is 0.361 e. The van der Waals surface area contributed by atoms with Gasteiger partial charge in [0, 0.05) is 33.9 Å². The van der Waals surface area contributed by atoms with Crippen LogP contribution in [0.1, 0.15) is 11.1 Å². The summed E-state index contributed by atoms with van der Waals surface area (Å²) < 4.78 is 0.